The molecule has 0 aliphatic carbocycles. The monoisotopic (exact) mass is 321 g/mol. The van der Waals surface area contributed by atoms with Crippen LogP contribution in [0, 0.1) is 0 Å². The molecule has 0 N–H and O–H groups in total. The second-order valence-electron chi connectivity index (χ2n) is 6.81. The van der Waals surface area contributed by atoms with E-state index in [0.29, 0.717) is 18.5 Å². The summed E-state index contributed by atoms with van der Waals surface area (Å²) < 4.78 is 0. The average Bonchev–Trinajstić information content (AvgIpc) is 3.14. The Hall–Kier alpha value is -2.20. The molecular formula is C20H23N3O. The van der Waals surface area contributed by atoms with Crippen LogP contribution in [0.2, 0.25) is 0 Å². The fourth-order valence-corrected chi connectivity index (χ4v) is 4.25. The number of benzene rings is 1. The van der Waals surface area contributed by atoms with Crippen molar-refractivity contribution in [3.05, 3.63) is 66.0 Å². The molecule has 0 spiro atoms. The summed E-state index contributed by atoms with van der Waals surface area (Å²) in [6, 6.07) is 17.2. The Morgan fingerprint density at radius 1 is 1.12 bits per heavy atom. The SMILES string of the molecule is C[C@@H](c1ccccc1)N1C(=O)C[C@H]2[C@@H]1CCN2Cc1ccccn1. The summed E-state index contributed by atoms with van der Waals surface area (Å²) in [4.78, 5) is 21.7. The van der Waals surface area contributed by atoms with Gasteiger partial charge in [0.05, 0.1) is 11.7 Å². The Labute approximate surface area is 143 Å². The van der Waals surface area contributed by atoms with Crippen LogP contribution >= 0.6 is 0 Å². The Morgan fingerprint density at radius 3 is 2.67 bits per heavy atom. The van der Waals surface area contributed by atoms with Crippen molar-refractivity contribution in [2.24, 2.45) is 0 Å². The van der Waals surface area contributed by atoms with Crippen LogP contribution in [0.15, 0.2) is 54.7 Å². The van der Waals surface area contributed by atoms with Gasteiger partial charge in [0.15, 0.2) is 0 Å². The lowest BCUT2D eigenvalue weighted by molar-refractivity contribution is -0.131. The molecule has 1 amide bonds. The highest BCUT2D eigenvalue weighted by molar-refractivity contribution is 5.80. The zero-order chi connectivity index (χ0) is 16.5. The number of amides is 1. The normalized spacial score (nSPS) is 25.0. The molecule has 1 aromatic heterocycles. The van der Waals surface area contributed by atoms with Gasteiger partial charge in [0.25, 0.3) is 0 Å². The minimum Gasteiger partial charge on any atom is -0.331 e. The summed E-state index contributed by atoms with van der Waals surface area (Å²) >= 11 is 0. The molecule has 0 saturated carbocycles. The van der Waals surface area contributed by atoms with E-state index in [-0.39, 0.29) is 11.9 Å². The quantitative estimate of drug-likeness (QED) is 0.868. The Morgan fingerprint density at radius 2 is 1.92 bits per heavy atom. The third-order valence-electron chi connectivity index (χ3n) is 5.44. The van der Waals surface area contributed by atoms with Crippen LogP contribution in [0.5, 0.6) is 0 Å². The minimum atomic E-state index is 0.142. The van der Waals surface area contributed by atoms with Crippen molar-refractivity contribution < 1.29 is 4.79 Å². The maximum atomic E-state index is 12.7. The number of likely N-dealkylation sites (tertiary alicyclic amines) is 2. The lowest BCUT2D eigenvalue weighted by Crippen LogP contribution is -2.38. The zero-order valence-electron chi connectivity index (χ0n) is 14.0. The number of nitrogens with zero attached hydrogens (tertiary/aromatic N) is 3. The molecule has 3 atom stereocenters. The molecule has 3 heterocycles. The average molecular weight is 321 g/mol. The summed E-state index contributed by atoms with van der Waals surface area (Å²) in [6.07, 6.45) is 3.53. The molecule has 24 heavy (non-hydrogen) atoms. The van der Waals surface area contributed by atoms with Crippen molar-refractivity contribution in [1.82, 2.24) is 14.8 Å². The van der Waals surface area contributed by atoms with E-state index < -0.39 is 0 Å². The highest BCUT2D eigenvalue weighted by Gasteiger charge is 2.48. The lowest BCUT2D eigenvalue weighted by atomic mass is 10.0. The highest BCUT2D eigenvalue weighted by atomic mass is 16.2. The molecule has 2 saturated heterocycles. The smallest absolute Gasteiger partial charge is 0.225 e. The number of aromatic nitrogens is 1. The van der Waals surface area contributed by atoms with E-state index in [0.717, 1.165) is 25.2 Å². The molecule has 4 rings (SSSR count). The van der Waals surface area contributed by atoms with Gasteiger partial charge in [0.1, 0.15) is 0 Å². The summed E-state index contributed by atoms with van der Waals surface area (Å²) in [5.74, 6) is 0.284. The van der Waals surface area contributed by atoms with Crippen molar-refractivity contribution >= 4 is 5.91 Å². The van der Waals surface area contributed by atoms with Gasteiger partial charge in [-0.05, 0) is 31.0 Å². The molecular weight excluding hydrogens is 298 g/mol. The number of carbonyl (C=O) groups excluding carboxylic acids is 1. The van der Waals surface area contributed by atoms with Gasteiger partial charge >= 0.3 is 0 Å². The number of rotatable bonds is 4. The van der Waals surface area contributed by atoms with Crippen LogP contribution in [0.1, 0.15) is 37.1 Å². The van der Waals surface area contributed by atoms with Crippen molar-refractivity contribution in [3.63, 3.8) is 0 Å². The first-order valence-electron chi connectivity index (χ1n) is 8.74. The number of hydrogen-bond donors (Lipinski definition) is 0. The van der Waals surface area contributed by atoms with Crippen molar-refractivity contribution in [2.45, 2.75) is 44.4 Å². The molecule has 2 aromatic rings. The standard InChI is InChI=1S/C20H23N3O/c1-15(16-7-3-2-4-8-16)23-18-10-12-22(19(18)13-20(23)24)14-17-9-5-6-11-21-17/h2-9,11,15,18-19H,10,12-14H2,1H3/t15-,18-,19-/m0/s1. The van der Waals surface area contributed by atoms with E-state index in [1.54, 1.807) is 0 Å². The van der Waals surface area contributed by atoms with Gasteiger partial charge in [-0.1, -0.05) is 36.4 Å². The van der Waals surface area contributed by atoms with E-state index in [9.17, 15) is 4.79 Å². The van der Waals surface area contributed by atoms with Crippen molar-refractivity contribution in [2.75, 3.05) is 6.54 Å². The topological polar surface area (TPSA) is 36.4 Å². The van der Waals surface area contributed by atoms with Gasteiger partial charge in [0.2, 0.25) is 5.91 Å². The summed E-state index contributed by atoms with van der Waals surface area (Å²) in [6.45, 7) is 4.02. The molecule has 124 valence electrons. The highest BCUT2D eigenvalue weighted by Crippen LogP contribution is 2.38. The van der Waals surface area contributed by atoms with Crippen LogP contribution in [0.4, 0.5) is 0 Å². The van der Waals surface area contributed by atoms with Crippen LogP contribution < -0.4 is 0 Å². The first-order chi connectivity index (χ1) is 11.7. The first kappa shape index (κ1) is 15.3. The molecule has 0 radical (unpaired) electrons. The number of fused-ring (bicyclic) bond motifs is 1. The van der Waals surface area contributed by atoms with Crippen LogP contribution in [-0.2, 0) is 11.3 Å². The van der Waals surface area contributed by atoms with E-state index >= 15 is 0 Å². The lowest BCUT2D eigenvalue weighted by Gasteiger charge is -2.31. The van der Waals surface area contributed by atoms with E-state index in [1.165, 1.54) is 5.56 Å². The van der Waals surface area contributed by atoms with Crippen LogP contribution in [0.25, 0.3) is 0 Å². The van der Waals surface area contributed by atoms with Crippen LogP contribution in [0.3, 0.4) is 0 Å². The predicted octanol–water partition coefficient (Wildman–Crippen LogP) is 3.02. The fourth-order valence-electron chi connectivity index (χ4n) is 4.25. The molecule has 4 nitrogen and oxygen atoms in total. The second-order valence-corrected chi connectivity index (χ2v) is 6.81. The number of hydrogen-bond acceptors (Lipinski definition) is 3. The van der Waals surface area contributed by atoms with Gasteiger partial charge in [0, 0.05) is 37.8 Å². The molecule has 1 aromatic carbocycles. The maximum absolute atomic E-state index is 12.7. The minimum absolute atomic E-state index is 0.142. The molecule has 2 aliphatic rings. The van der Waals surface area contributed by atoms with Gasteiger partial charge in [-0.3, -0.25) is 14.7 Å². The Balaban J connectivity index is 1.51. The van der Waals surface area contributed by atoms with Gasteiger partial charge < -0.3 is 4.90 Å². The molecule has 0 bridgehead atoms. The van der Waals surface area contributed by atoms with Crippen LogP contribution in [-0.4, -0.2) is 39.3 Å². The zero-order valence-corrected chi connectivity index (χ0v) is 14.0. The van der Waals surface area contributed by atoms with Gasteiger partial charge in [-0.2, -0.15) is 0 Å². The van der Waals surface area contributed by atoms with Gasteiger partial charge in [-0.25, -0.2) is 0 Å². The maximum Gasteiger partial charge on any atom is 0.225 e. The molecule has 0 unspecified atom stereocenters. The first-order valence-corrected chi connectivity index (χ1v) is 8.74. The van der Waals surface area contributed by atoms with E-state index in [2.05, 4.69) is 39.9 Å². The molecule has 2 fully saturated rings. The fraction of sp³-hybridized carbons (Fsp3) is 0.400. The van der Waals surface area contributed by atoms with E-state index in [4.69, 9.17) is 0 Å². The second kappa shape index (κ2) is 6.36. The Bertz CT molecular complexity index is 703. The number of carbonyl (C=O) groups is 1. The van der Waals surface area contributed by atoms with Crippen molar-refractivity contribution in [3.8, 4) is 0 Å². The molecule has 4 heteroatoms. The predicted molar refractivity (Wildman–Crippen MR) is 93.2 cm³/mol. The summed E-state index contributed by atoms with van der Waals surface area (Å²) in [5, 5.41) is 0. The van der Waals surface area contributed by atoms with Crippen molar-refractivity contribution in [1.29, 1.82) is 0 Å². The summed E-state index contributed by atoms with van der Waals surface area (Å²) in [5.41, 5.74) is 2.30. The number of pyridine rings is 1. The van der Waals surface area contributed by atoms with Gasteiger partial charge in [-0.15, -0.1) is 0 Å². The third-order valence-corrected chi connectivity index (χ3v) is 5.44. The largest absolute Gasteiger partial charge is 0.331 e. The third kappa shape index (κ3) is 2.71. The molecule has 2 aliphatic heterocycles. The Kier molecular flexibility index (Phi) is 4.07. The van der Waals surface area contributed by atoms with E-state index in [1.807, 2.05) is 36.5 Å². The summed E-state index contributed by atoms with van der Waals surface area (Å²) in [7, 11) is 0.